The maximum atomic E-state index is 12.0. The largest absolute Gasteiger partial charge is 0.479 e. The number of hydrogen-bond donors (Lipinski definition) is 3. The number of amides is 1. The number of benzene rings is 2. The minimum absolute atomic E-state index is 0.0554. The third-order valence-electron chi connectivity index (χ3n) is 5.51. The number of carbonyl (C=O) groups is 1. The second-order valence-electron chi connectivity index (χ2n) is 7.55. The molecule has 1 unspecified atom stereocenters. The Kier molecular flexibility index (Phi) is 6.29. The number of nitrogens with zero attached hydrogens (tertiary/aromatic N) is 3. The number of hydrogen-bond acceptors (Lipinski definition) is 7. The number of rotatable bonds is 7. The van der Waals surface area contributed by atoms with Crippen LogP contribution in [0.25, 0.3) is 11.3 Å². The molecule has 0 aliphatic heterocycles. The maximum absolute atomic E-state index is 12.0. The SMILES string of the molecule is CNC(=O)c1nc(-c2cccc(CNC3CCc4cc(OCC#N)ccc43)c2)cnc1N. The summed E-state index contributed by atoms with van der Waals surface area (Å²) in [5.74, 6) is 0.474. The van der Waals surface area contributed by atoms with E-state index in [4.69, 9.17) is 15.7 Å². The van der Waals surface area contributed by atoms with Crippen LogP contribution < -0.4 is 21.1 Å². The summed E-state index contributed by atoms with van der Waals surface area (Å²) in [6.07, 6.45) is 3.56. The molecule has 1 amide bonds. The zero-order chi connectivity index (χ0) is 22.5. The van der Waals surface area contributed by atoms with Gasteiger partial charge in [0.2, 0.25) is 0 Å². The van der Waals surface area contributed by atoms with E-state index in [2.05, 4.69) is 32.7 Å². The number of ether oxygens (including phenoxy) is 1. The first kappa shape index (κ1) is 21.3. The van der Waals surface area contributed by atoms with E-state index in [0.29, 0.717) is 12.2 Å². The third-order valence-corrected chi connectivity index (χ3v) is 5.51. The summed E-state index contributed by atoms with van der Waals surface area (Å²) in [7, 11) is 1.53. The third kappa shape index (κ3) is 4.53. The van der Waals surface area contributed by atoms with Gasteiger partial charge in [0.25, 0.3) is 5.91 Å². The Labute approximate surface area is 186 Å². The Morgan fingerprint density at radius 2 is 2.19 bits per heavy atom. The topological polar surface area (TPSA) is 126 Å². The monoisotopic (exact) mass is 428 g/mol. The fraction of sp³-hybridized carbons (Fsp3) is 0.250. The molecule has 0 spiro atoms. The van der Waals surface area contributed by atoms with E-state index in [1.807, 2.05) is 36.4 Å². The number of nitrogens with one attached hydrogen (secondary N) is 2. The molecule has 162 valence electrons. The van der Waals surface area contributed by atoms with Crippen molar-refractivity contribution < 1.29 is 9.53 Å². The Hall–Kier alpha value is -3.96. The van der Waals surface area contributed by atoms with Gasteiger partial charge in [-0.15, -0.1) is 0 Å². The van der Waals surface area contributed by atoms with Gasteiger partial charge in [-0.25, -0.2) is 9.97 Å². The molecule has 1 heterocycles. The molecule has 1 aliphatic rings. The highest BCUT2D eigenvalue weighted by Crippen LogP contribution is 2.34. The Balaban J connectivity index is 1.46. The summed E-state index contributed by atoms with van der Waals surface area (Å²) in [4.78, 5) is 20.5. The van der Waals surface area contributed by atoms with E-state index in [1.165, 1.54) is 18.2 Å². The van der Waals surface area contributed by atoms with E-state index in [1.54, 1.807) is 6.20 Å². The molecule has 3 aromatic rings. The van der Waals surface area contributed by atoms with E-state index in [0.717, 1.165) is 29.7 Å². The van der Waals surface area contributed by atoms with Crippen molar-refractivity contribution >= 4 is 11.7 Å². The number of nitrogen functional groups attached to an aromatic ring is 1. The molecular formula is C24H24N6O2. The van der Waals surface area contributed by atoms with Gasteiger partial charge in [0.1, 0.15) is 11.8 Å². The molecular weight excluding hydrogens is 404 g/mol. The Bertz CT molecular complexity index is 1190. The number of carbonyl (C=O) groups excluding carboxylic acids is 1. The first-order chi connectivity index (χ1) is 15.6. The minimum atomic E-state index is -0.365. The van der Waals surface area contributed by atoms with Crippen LogP contribution in [0.1, 0.15) is 39.6 Å². The molecule has 0 radical (unpaired) electrons. The molecule has 32 heavy (non-hydrogen) atoms. The van der Waals surface area contributed by atoms with Crippen LogP contribution in [0.5, 0.6) is 5.75 Å². The van der Waals surface area contributed by atoms with Gasteiger partial charge < -0.3 is 21.1 Å². The summed E-state index contributed by atoms with van der Waals surface area (Å²) in [6.45, 7) is 0.745. The van der Waals surface area contributed by atoms with Crippen molar-refractivity contribution in [2.24, 2.45) is 0 Å². The normalized spacial score (nSPS) is 14.4. The number of aryl methyl sites for hydroxylation is 1. The van der Waals surface area contributed by atoms with Crippen molar-refractivity contribution in [1.29, 1.82) is 5.26 Å². The highest BCUT2D eigenvalue weighted by Gasteiger charge is 2.22. The average Bonchev–Trinajstić information content (AvgIpc) is 3.23. The minimum Gasteiger partial charge on any atom is -0.479 e. The quantitative estimate of drug-likeness (QED) is 0.528. The van der Waals surface area contributed by atoms with Crippen LogP contribution in [-0.2, 0) is 13.0 Å². The van der Waals surface area contributed by atoms with Gasteiger partial charge in [0.15, 0.2) is 18.1 Å². The van der Waals surface area contributed by atoms with Crippen molar-refractivity contribution in [2.45, 2.75) is 25.4 Å². The van der Waals surface area contributed by atoms with Gasteiger partial charge in [-0.1, -0.05) is 24.3 Å². The Morgan fingerprint density at radius 3 is 3.00 bits per heavy atom. The lowest BCUT2D eigenvalue weighted by Crippen LogP contribution is -2.21. The summed E-state index contributed by atoms with van der Waals surface area (Å²) in [5, 5.41) is 14.8. The van der Waals surface area contributed by atoms with Crippen molar-refractivity contribution in [2.75, 3.05) is 19.4 Å². The summed E-state index contributed by atoms with van der Waals surface area (Å²) in [5.41, 5.74) is 11.0. The van der Waals surface area contributed by atoms with Gasteiger partial charge >= 0.3 is 0 Å². The smallest absolute Gasteiger partial charge is 0.273 e. The predicted octanol–water partition coefficient (Wildman–Crippen LogP) is 2.76. The fourth-order valence-corrected chi connectivity index (χ4v) is 3.92. The van der Waals surface area contributed by atoms with Crippen LogP contribution in [0.3, 0.4) is 0 Å². The van der Waals surface area contributed by atoms with Crippen molar-refractivity contribution in [1.82, 2.24) is 20.6 Å². The number of aromatic nitrogens is 2. The van der Waals surface area contributed by atoms with Crippen LogP contribution in [-0.4, -0.2) is 29.5 Å². The van der Waals surface area contributed by atoms with Gasteiger partial charge in [-0.05, 0) is 47.7 Å². The molecule has 0 saturated heterocycles. The number of nitrogens with two attached hydrogens (primary N) is 1. The molecule has 8 nitrogen and oxygen atoms in total. The van der Waals surface area contributed by atoms with Crippen molar-refractivity contribution in [3.05, 3.63) is 71.0 Å². The van der Waals surface area contributed by atoms with E-state index >= 15 is 0 Å². The maximum Gasteiger partial charge on any atom is 0.273 e. The molecule has 2 aromatic carbocycles. The number of fused-ring (bicyclic) bond motifs is 1. The van der Waals surface area contributed by atoms with Gasteiger partial charge in [0, 0.05) is 25.2 Å². The van der Waals surface area contributed by atoms with Crippen LogP contribution in [0.15, 0.2) is 48.7 Å². The summed E-state index contributed by atoms with van der Waals surface area (Å²) >= 11 is 0. The number of nitriles is 1. The first-order valence-corrected chi connectivity index (χ1v) is 10.4. The zero-order valence-electron chi connectivity index (χ0n) is 17.8. The fourth-order valence-electron chi connectivity index (χ4n) is 3.92. The van der Waals surface area contributed by atoms with Crippen molar-refractivity contribution in [3.8, 4) is 23.1 Å². The Morgan fingerprint density at radius 1 is 1.31 bits per heavy atom. The molecule has 8 heteroatoms. The molecule has 0 saturated carbocycles. The van der Waals surface area contributed by atoms with Crippen molar-refractivity contribution in [3.63, 3.8) is 0 Å². The zero-order valence-corrected chi connectivity index (χ0v) is 17.8. The van der Waals surface area contributed by atoms with Gasteiger partial charge in [-0.3, -0.25) is 4.79 Å². The highest BCUT2D eigenvalue weighted by atomic mass is 16.5. The van der Waals surface area contributed by atoms with Gasteiger partial charge in [0.05, 0.1) is 11.9 Å². The molecule has 4 N–H and O–H groups in total. The summed E-state index contributed by atoms with van der Waals surface area (Å²) in [6, 6.07) is 16.3. The second kappa shape index (κ2) is 9.45. The second-order valence-corrected chi connectivity index (χ2v) is 7.55. The van der Waals surface area contributed by atoms with E-state index < -0.39 is 0 Å². The van der Waals surface area contributed by atoms with Gasteiger partial charge in [-0.2, -0.15) is 5.26 Å². The standard InChI is InChI=1S/C24H24N6O2/c1-27-24(31)22-23(26)29-14-21(30-22)17-4-2-3-15(11-17)13-28-20-8-5-16-12-18(32-10-9-25)6-7-19(16)20/h2-4,6-7,11-12,14,20,28H,5,8,10,13H2,1H3,(H2,26,29)(H,27,31). The molecule has 1 aromatic heterocycles. The lowest BCUT2D eigenvalue weighted by atomic mass is 10.1. The lowest BCUT2D eigenvalue weighted by molar-refractivity contribution is 0.0959. The van der Waals surface area contributed by atoms with E-state index in [9.17, 15) is 4.79 Å². The lowest BCUT2D eigenvalue weighted by Gasteiger charge is -2.15. The predicted molar refractivity (Wildman–Crippen MR) is 121 cm³/mol. The van der Waals surface area contributed by atoms with Crippen LogP contribution >= 0.6 is 0 Å². The molecule has 4 rings (SSSR count). The first-order valence-electron chi connectivity index (χ1n) is 10.4. The number of anilines is 1. The van der Waals surface area contributed by atoms with Crippen LogP contribution in [0.4, 0.5) is 5.82 Å². The molecule has 1 atom stereocenters. The summed E-state index contributed by atoms with van der Waals surface area (Å²) < 4.78 is 5.41. The van der Waals surface area contributed by atoms with E-state index in [-0.39, 0.29) is 30.1 Å². The molecule has 1 aliphatic carbocycles. The molecule has 0 fully saturated rings. The van der Waals surface area contributed by atoms with Crippen LogP contribution in [0, 0.1) is 11.3 Å². The highest BCUT2D eigenvalue weighted by molar-refractivity contribution is 5.96. The van der Waals surface area contributed by atoms with Crippen LogP contribution in [0.2, 0.25) is 0 Å². The average molecular weight is 428 g/mol. The molecule has 0 bridgehead atoms.